The fraction of sp³-hybridized carbons (Fsp3) is 0.250. The Kier molecular flexibility index (Phi) is 3.26. The van der Waals surface area contributed by atoms with Crippen LogP contribution in [0, 0.1) is 3.57 Å². The number of benzene rings is 1. The summed E-state index contributed by atoms with van der Waals surface area (Å²) in [6.07, 6.45) is 2.44. The highest BCUT2D eigenvalue weighted by Crippen LogP contribution is 2.07. The molecule has 0 saturated carbocycles. The molecule has 0 spiro atoms. The number of hydrogen-bond donors (Lipinski definition) is 0. The molecule has 0 nitrogen and oxygen atoms in total. The van der Waals surface area contributed by atoms with E-state index in [4.69, 9.17) is 0 Å². The van der Waals surface area contributed by atoms with E-state index in [1.165, 1.54) is 21.9 Å². The molecule has 1 rings (SSSR count). The van der Waals surface area contributed by atoms with Gasteiger partial charge >= 0.3 is 0 Å². The lowest BCUT2D eigenvalue weighted by Crippen LogP contribution is -1.82. The molecule has 0 aliphatic rings. The normalized spacial score (nSPS) is 9.70. The molecule has 0 N–H and O–H groups in total. The monoisotopic (exact) mass is 244 g/mol. The Hall–Kier alpha value is 0.0149. The largest absolute Gasteiger partial charge is 0.101 e. The van der Waals surface area contributed by atoms with Crippen LogP contribution in [-0.4, -0.2) is 7.85 Å². The SMILES string of the molecule is BCCc1ccc(I)cc1. The minimum atomic E-state index is 1.21. The standard InChI is InChI=1S/C8H10BI/c9-6-5-7-1-3-8(10)4-2-7/h1-4H,5-6,9H2. The maximum Gasteiger partial charge on any atom is 0.101 e. The number of rotatable bonds is 2. The van der Waals surface area contributed by atoms with Crippen LogP contribution in [0.25, 0.3) is 0 Å². The van der Waals surface area contributed by atoms with Crippen LogP contribution in [0.3, 0.4) is 0 Å². The first-order valence-corrected chi connectivity index (χ1v) is 4.65. The van der Waals surface area contributed by atoms with Crippen molar-refractivity contribution in [2.75, 3.05) is 0 Å². The molecular formula is C8H10BI. The third kappa shape index (κ3) is 2.33. The Morgan fingerprint density at radius 1 is 1.20 bits per heavy atom. The van der Waals surface area contributed by atoms with Crippen molar-refractivity contribution in [1.82, 2.24) is 0 Å². The molecule has 0 saturated heterocycles. The van der Waals surface area contributed by atoms with Crippen LogP contribution < -0.4 is 0 Å². The lowest BCUT2D eigenvalue weighted by atomic mass is 9.98. The molecule has 0 heterocycles. The quantitative estimate of drug-likeness (QED) is 0.550. The lowest BCUT2D eigenvalue weighted by molar-refractivity contribution is 1.13. The summed E-state index contributed by atoms with van der Waals surface area (Å²) in [5, 5.41) is 0. The fourth-order valence-corrected chi connectivity index (χ4v) is 1.30. The Labute approximate surface area is 76.6 Å². The Bertz CT molecular complexity index is 193. The average Bonchev–Trinajstić information content (AvgIpc) is 1.95. The van der Waals surface area contributed by atoms with Crippen molar-refractivity contribution < 1.29 is 0 Å². The van der Waals surface area contributed by atoms with Gasteiger partial charge in [0.05, 0.1) is 0 Å². The smallest absolute Gasteiger partial charge is 0.0771 e. The average molecular weight is 244 g/mol. The predicted octanol–water partition coefficient (Wildman–Crippen LogP) is 1.89. The zero-order chi connectivity index (χ0) is 7.40. The second kappa shape index (κ2) is 4.01. The molecular weight excluding hydrogens is 234 g/mol. The molecule has 0 amide bonds. The first kappa shape index (κ1) is 8.11. The molecule has 0 radical (unpaired) electrons. The van der Waals surface area contributed by atoms with Crippen molar-refractivity contribution in [2.24, 2.45) is 0 Å². The van der Waals surface area contributed by atoms with E-state index in [1.54, 1.807) is 0 Å². The van der Waals surface area contributed by atoms with Crippen molar-refractivity contribution in [3.8, 4) is 0 Å². The van der Waals surface area contributed by atoms with Gasteiger partial charge in [-0.25, -0.2) is 0 Å². The van der Waals surface area contributed by atoms with Gasteiger partial charge in [0, 0.05) is 3.57 Å². The van der Waals surface area contributed by atoms with Gasteiger partial charge in [-0.15, -0.1) is 0 Å². The van der Waals surface area contributed by atoms with Crippen molar-refractivity contribution in [2.45, 2.75) is 12.7 Å². The molecule has 0 aliphatic carbocycles. The summed E-state index contributed by atoms with van der Waals surface area (Å²) in [5.74, 6) is 0. The van der Waals surface area contributed by atoms with Gasteiger partial charge in [-0.05, 0) is 46.7 Å². The van der Waals surface area contributed by atoms with Gasteiger partial charge in [0.15, 0.2) is 0 Å². The topological polar surface area (TPSA) is 0 Å². The zero-order valence-corrected chi connectivity index (χ0v) is 8.26. The molecule has 2 heteroatoms. The van der Waals surface area contributed by atoms with Crippen LogP contribution in [0.4, 0.5) is 0 Å². The second-order valence-corrected chi connectivity index (χ2v) is 3.62. The van der Waals surface area contributed by atoms with Crippen LogP contribution in [0.15, 0.2) is 24.3 Å². The van der Waals surface area contributed by atoms with E-state index < -0.39 is 0 Å². The minimum absolute atomic E-state index is 1.21. The summed E-state index contributed by atoms with van der Waals surface area (Å²) in [7, 11) is 2.21. The van der Waals surface area contributed by atoms with E-state index in [9.17, 15) is 0 Å². The Morgan fingerprint density at radius 2 is 1.80 bits per heavy atom. The van der Waals surface area contributed by atoms with E-state index in [-0.39, 0.29) is 0 Å². The maximum absolute atomic E-state index is 2.32. The van der Waals surface area contributed by atoms with Gasteiger partial charge in [0.2, 0.25) is 0 Å². The van der Waals surface area contributed by atoms with Crippen LogP contribution >= 0.6 is 22.6 Å². The van der Waals surface area contributed by atoms with Gasteiger partial charge in [0.25, 0.3) is 0 Å². The number of aryl methyl sites for hydroxylation is 1. The maximum atomic E-state index is 2.32. The summed E-state index contributed by atoms with van der Waals surface area (Å²) in [5.41, 5.74) is 1.45. The van der Waals surface area contributed by atoms with Crippen LogP contribution in [0.1, 0.15) is 5.56 Å². The molecule has 0 fully saturated rings. The van der Waals surface area contributed by atoms with E-state index in [0.717, 1.165) is 0 Å². The summed E-state index contributed by atoms with van der Waals surface area (Å²) >= 11 is 2.32. The summed E-state index contributed by atoms with van der Waals surface area (Å²) in [6, 6.07) is 8.72. The molecule has 1 aromatic rings. The third-order valence-electron chi connectivity index (χ3n) is 1.45. The molecule has 0 aliphatic heterocycles. The first-order valence-electron chi connectivity index (χ1n) is 3.57. The molecule has 0 bridgehead atoms. The van der Waals surface area contributed by atoms with Crippen molar-refractivity contribution in [3.63, 3.8) is 0 Å². The Morgan fingerprint density at radius 3 is 2.30 bits per heavy atom. The number of hydrogen-bond acceptors (Lipinski definition) is 0. The molecule has 0 aromatic heterocycles. The van der Waals surface area contributed by atoms with Crippen LogP contribution in [0.2, 0.25) is 6.32 Å². The van der Waals surface area contributed by atoms with Gasteiger partial charge in [-0.3, -0.25) is 0 Å². The summed E-state index contributed by atoms with van der Waals surface area (Å²) < 4.78 is 1.32. The van der Waals surface area contributed by atoms with Crippen LogP contribution in [-0.2, 0) is 6.42 Å². The van der Waals surface area contributed by atoms with E-state index >= 15 is 0 Å². The summed E-state index contributed by atoms with van der Waals surface area (Å²) in [4.78, 5) is 0. The van der Waals surface area contributed by atoms with Gasteiger partial charge in [-0.2, -0.15) is 0 Å². The van der Waals surface area contributed by atoms with E-state index in [2.05, 4.69) is 54.7 Å². The minimum Gasteiger partial charge on any atom is -0.0771 e. The van der Waals surface area contributed by atoms with Gasteiger partial charge in [0.1, 0.15) is 7.85 Å². The molecule has 0 unspecified atom stereocenters. The van der Waals surface area contributed by atoms with E-state index in [1.807, 2.05) is 0 Å². The van der Waals surface area contributed by atoms with Crippen molar-refractivity contribution in [1.29, 1.82) is 0 Å². The zero-order valence-electron chi connectivity index (χ0n) is 6.10. The van der Waals surface area contributed by atoms with Crippen molar-refractivity contribution >= 4 is 30.4 Å². The van der Waals surface area contributed by atoms with Crippen LogP contribution in [0.5, 0.6) is 0 Å². The highest BCUT2D eigenvalue weighted by atomic mass is 127. The third-order valence-corrected chi connectivity index (χ3v) is 2.17. The highest BCUT2D eigenvalue weighted by molar-refractivity contribution is 14.1. The fourth-order valence-electron chi connectivity index (χ4n) is 0.940. The second-order valence-electron chi connectivity index (χ2n) is 2.38. The van der Waals surface area contributed by atoms with E-state index in [0.29, 0.717) is 0 Å². The first-order chi connectivity index (χ1) is 4.83. The number of halogens is 1. The highest BCUT2D eigenvalue weighted by Gasteiger charge is 1.88. The Balaban J connectivity index is 2.69. The van der Waals surface area contributed by atoms with Gasteiger partial charge < -0.3 is 0 Å². The predicted molar refractivity (Wildman–Crippen MR) is 56.2 cm³/mol. The lowest BCUT2D eigenvalue weighted by Gasteiger charge is -1.96. The van der Waals surface area contributed by atoms with Gasteiger partial charge in [-0.1, -0.05) is 18.5 Å². The van der Waals surface area contributed by atoms with Crippen molar-refractivity contribution in [3.05, 3.63) is 33.4 Å². The summed E-state index contributed by atoms with van der Waals surface area (Å²) in [6.45, 7) is 0. The molecule has 0 atom stereocenters. The molecule has 1 aromatic carbocycles. The molecule has 52 valence electrons. The molecule has 10 heavy (non-hydrogen) atoms.